The Bertz CT molecular complexity index is 355. The lowest BCUT2D eigenvalue weighted by atomic mass is 10.2. The topological polar surface area (TPSA) is 61.7 Å². The van der Waals surface area contributed by atoms with Crippen LogP contribution in [0.3, 0.4) is 0 Å². The van der Waals surface area contributed by atoms with Gasteiger partial charge in [0, 0.05) is 29.4 Å². The molecule has 0 aliphatic carbocycles. The summed E-state index contributed by atoms with van der Waals surface area (Å²) < 4.78 is 0. The zero-order valence-corrected chi connectivity index (χ0v) is 7.52. The molecule has 1 rings (SSSR count). The average Bonchev–Trinajstić information content (AvgIpc) is 2.15. The fraction of sp³-hybridized carbons (Fsp3) is 0.125. The molecule has 13 heavy (non-hydrogen) atoms. The van der Waals surface area contributed by atoms with Crippen molar-refractivity contribution in [3.63, 3.8) is 0 Å². The summed E-state index contributed by atoms with van der Waals surface area (Å²) in [4.78, 5) is 6.52. The maximum absolute atomic E-state index is 8.00. The van der Waals surface area contributed by atoms with E-state index in [4.69, 9.17) is 17.1 Å². The highest BCUT2D eigenvalue weighted by Gasteiger charge is 1.92. The summed E-state index contributed by atoms with van der Waals surface area (Å²) in [6.45, 7) is 0.321. The Balaban J connectivity index is 2.68. The van der Waals surface area contributed by atoms with Crippen LogP contribution in [0.25, 0.3) is 16.5 Å². The number of azide groups is 1. The summed E-state index contributed by atoms with van der Waals surface area (Å²) in [5, 5.41) is 3.98. The predicted octanol–water partition coefficient (Wildman–Crippen LogP) is 3.06. The average molecular weight is 195 g/mol. The summed E-state index contributed by atoms with van der Waals surface area (Å²) >= 11 is 5.84. The minimum absolute atomic E-state index is 0.321. The lowest BCUT2D eigenvalue weighted by molar-refractivity contribution is 1.22. The van der Waals surface area contributed by atoms with Crippen LogP contribution in [0.4, 0.5) is 0 Å². The Morgan fingerprint density at radius 2 is 2.54 bits per heavy atom. The van der Waals surface area contributed by atoms with Crippen molar-refractivity contribution in [2.24, 2.45) is 5.11 Å². The van der Waals surface area contributed by atoms with Gasteiger partial charge in [-0.2, -0.15) is 0 Å². The lowest BCUT2D eigenvalue weighted by Gasteiger charge is -1.93. The number of hydrogen-bond donors (Lipinski definition) is 0. The van der Waals surface area contributed by atoms with E-state index >= 15 is 0 Å². The monoisotopic (exact) mass is 194 g/mol. The predicted molar refractivity (Wildman–Crippen MR) is 52.3 cm³/mol. The van der Waals surface area contributed by atoms with Crippen LogP contribution in [-0.2, 0) is 0 Å². The van der Waals surface area contributed by atoms with Gasteiger partial charge in [0.2, 0.25) is 0 Å². The molecular weight excluding hydrogens is 188 g/mol. The number of nitrogens with zero attached hydrogens (tertiary/aromatic N) is 4. The van der Waals surface area contributed by atoms with Crippen LogP contribution in [0.2, 0.25) is 5.02 Å². The first-order valence-corrected chi connectivity index (χ1v) is 3.99. The van der Waals surface area contributed by atoms with E-state index in [1.807, 2.05) is 0 Å². The standard InChI is InChI=1S/C8H7ClN4/c9-8-3-5-11-6-7(8)2-1-4-12-13-10/h1-3,5-6H,4H2. The van der Waals surface area contributed by atoms with Crippen molar-refractivity contribution >= 4 is 17.7 Å². The second-order valence-corrected chi connectivity index (χ2v) is 2.62. The largest absolute Gasteiger partial charge is 0.264 e. The molecule has 5 heteroatoms. The molecule has 0 aliphatic heterocycles. The van der Waals surface area contributed by atoms with Gasteiger partial charge in [-0.1, -0.05) is 28.9 Å². The van der Waals surface area contributed by atoms with Crippen LogP contribution < -0.4 is 0 Å². The normalized spacial score (nSPS) is 9.92. The van der Waals surface area contributed by atoms with E-state index in [-0.39, 0.29) is 0 Å². The molecule has 66 valence electrons. The van der Waals surface area contributed by atoms with Crippen LogP contribution >= 0.6 is 11.6 Å². The van der Waals surface area contributed by atoms with Gasteiger partial charge in [0.15, 0.2) is 0 Å². The van der Waals surface area contributed by atoms with Gasteiger partial charge in [0.05, 0.1) is 5.02 Å². The van der Waals surface area contributed by atoms with Crippen LogP contribution in [0.1, 0.15) is 5.56 Å². The number of aromatic nitrogens is 1. The van der Waals surface area contributed by atoms with Crippen LogP contribution in [0.5, 0.6) is 0 Å². The molecule has 0 saturated carbocycles. The number of rotatable bonds is 3. The molecular formula is C8H7ClN4. The van der Waals surface area contributed by atoms with E-state index in [0.29, 0.717) is 11.6 Å². The van der Waals surface area contributed by atoms with Crippen LogP contribution in [0, 0.1) is 0 Å². The first kappa shape index (κ1) is 9.58. The Morgan fingerprint density at radius 1 is 1.69 bits per heavy atom. The minimum Gasteiger partial charge on any atom is -0.264 e. The number of halogens is 1. The van der Waals surface area contributed by atoms with E-state index in [1.54, 1.807) is 30.6 Å². The molecule has 4 nitrogen and oxygen atoms in total. The van der Waals surface area contributed by atoms with E-state index in [9.17, 15) is 0 Å². The smallest absolute Gasteiger partial charge is 0.0509 e. The summed E-state index contributed by atoms with van der Waals surface area (Å²) in [6.07, 6.45) is 6.76. The zero-order chi connectivity index (χ0) is 9.52. The molecule has 0 bridgehead atoms. The quantitative estimate of drug-likeness (QED) is 0.414. The van der Waals surface area contributed by atoms with Crippen molar-refractivity contribution in [2.45, 2.75) is 0 Å². The Hall–Kier alpha value is -1.51. The van der Waals surface area contributed by atoms with E-state index in [0.717, 1.165) is 5.56 Å². The van der Waals surface area contributed by atoms with E-state index in [1.165, 1.54) is 0 Å². The molecule has 0 radical (unpaired) electrons. The van der Waals surface area contributed by atoms with Gasteiger partial charge in [-0.15, -0.1) is 0 Å². The molecule has 0 saturated heterocycles. The first-order chi connectivity index (χ1) is 6.34. The fourth-order valence-corrected chi connectivity index (χ4v) is 0.944. The third-order valence-corrected chi connectivity index (χ3v) is 1.69. The molecule has 0 N–H and O–H groups in total. The third kappa shape index (κ3) is 3.15. The van der Waals surface area contributed by atoms with E-state index in [2.05, 4.69) is 15.0 Å². The van der Waals surface area contributed by atoms with Crippen LogP contribution in [-0.4, -0.2) is 11.5 Å². The molecule has 0 unspecified atom stereocenters. The second kappa shape index (κ2) is 5.19. The van der Waals surface area contributed by atoms with Crippen molar-refractivity contribution in [1.29, 1.82) is 0 Å². The molecule has 0 aliphatic rings. The Morgan fingerprint density at radius 3 is 3.23 bits per heavy atom. The molecule has 0 fully saturated rings. The molecule has 1 aromatic heterocycles. The molecule has 0 aromatic carbocycles. The molecule has 0 spiro atoms. The van der Waals surface area contributed by atoms with Gasteiger partial charge < -0.3 is 0 Å². The van der Waals surface area contributed by atoms with Crippen molar-refractivity contribution in [1.82, 2.24) is 4.98 Å². The minimum atomic E-state index is 0.321. The Labute approximate surface area is 80.5 Å². The second-order valence-electron chi connectivity index (χ2n) is 2.21. The lowest BCUT2D eigenvalue weighted by Crippen LogP contribution is -1.77. The van der Waals surface area contributed by atoms with Gasteiger partial charge in [0.25, 0.3) is 0 Å². The first-order valence-electron chi connectivity index (χ1n) is 3.61. The summed E-state index contributed by atoms with van der Waals surface area (Å²) in [5.74, 6) is 0. The number of pyridine rings is 1. The third-order valence-electron chi connectivity index (χ3n) is 1.34. The summed E-state index contributed by atoms with van der Waals surface area (Å²) in [5.41, 5.74) is 8.82. The molecule has 0 amide bonds. The van der Waals surface area contributed by atoms with Crippen molar-refractivity contribution in [3.05, 3.63) is 45.6 Å². The van der Waals surface area contributed by atoms with Crippen molar-refractivity contribution < 1.29 is 0 Å². The SMILES string of the molecule is [N-]=[N+]=NCC=Cc1cnccc1Cl. The molecule has 0 atom stereocenters. The maximum atomic E-state index is 8.00. The van der Waals surface area contributed by atoms with Gasteiger partial charge >= 0.3 is 0 Å². The zero-order valence-electron chi connectivity index (χ0n) is 6.76. The summed E-state index contributed by atoms with van der Waals surface area (Å²) in [7, 11) is 0. The highest BCUT2D eigenvalue weighted by molar-refractivity contribution is 6.32. The fourth-order valence-electron chi connectivity index (χ4n) is 0.776. The van der Waals surface area contributed by atoms with Gasteiger partial charge in [0.1, 0.15) is 0 Å². The van der Waals surface area contributed by atoms with Gasteiger partial charge in [-0.25, -0.2) is 0 Å². The van der Waals surface area contributed by atoms with Gasteiger partial charge in [-0.3, -0.25) is 4.98 Å². The van der Waals surface area contributed by atoms with Crippen LogP contribution in [0.15, 0.2) is 29.7 Å². The maximum Gasteiger partial charge on any atom is 0.0509 e. The van der Waals surface area contributed by atoms with E-state index < -0.39 is 0 Å². The highest BCUT2D eigenvalue weighted by Crippen LogP contribution is 2.14. The van der Waals surface area contributed by atoms with Crippen molar-refractivity contribution in [2.75, 3.05) is 6.54 Å². The van der Waals surface area contributed by atoms with Crippen molar-refractivity contribution in [3.8, 4) is 0 Å². The van der Waals surface area contributed by atoms with Gasteiger partial charge in [-0.05, 0) is 11.6 Å². The number of hydrogen-bond acceptors (Lipinski definition) is 2. The molecule has 1 aromatic rings. The Kier molecular flexibility index (Phi) is 3.82. The summed E-state index contributed by atoms with van der Waals surface area (Å²) in [6, 6.07) is 1.70. The molecule has 1 heterocycles. The highest BCUT2D eigenvalue weighted by atomic mass is 35.5.